The number of hydrogen-bond donors (Lipinski definition) is 1. The SMILES string of the molecule is COc1ccc(N(C(=O)Cn2nnc3ccccc32)C(C(=O)NC(C)(C)C)c2ccco2)cc1. The van der Waals surface area contributed by atoms with Gasteiger partial charge in [0.05, 0.1) is 18.9 Å². The molecule has 176 valence electrons. The zero-order valence-electron chi connectivity index (χ0n) is 19.6. The van der Waals surface area contributed by atoms with Gasteiger partial charge in [-0.25, -0.2) is 4.68 Å². The van der Waals surface area contributed by atoms with Gasteiger partial charge in [0.15, 0.2) is 6.04 Å². The van der Waals surface area contributed by atoms with E-state index >= 15 is 0 Å². The number of amides is 2. The Kier molecular flexibility index (Phi) is 6.36. The van der Waals surface area contributed by atoms with Gasteiger partial charge in [-0.1, -0.05) is 17.3 Å². The molecule has 2 amide bonds. The minimum absolute atomic E-state index is 0.119. The van der Waals surface area contributed by atoms with Crippen LogP contribution in [0.1, 0.15) is 32.6 Å². The molecule has 2 aromatic carbocycles. The van der Waals surface area contributed by atoms with Gasteiger partial charge in [-0.2, -0.15) is 0 Å². The molecule has 34 heavy (non-hydrogen) atoms. The Morgan fingerprint density at radius 3 is 2.47 bits per heavy atom. The lowest BCUT2D eigenvalue weighted by molar-refractivity contribution is -0.128. The topological polar surface area (TPSA) is 102 Å². The number of para-hydroxylation sites is 1. The van der Waals surface area contributed by atoms with Crippen LogP contribution in [0.25, 0.3) is 11.0 Å². The Morgan fingerprint density at radius 1 is 1.09 bits per heavy atom. The number of aromatic nitrogens is 3. The van der Waals surface area contributed by atoms with E-state index in [4.69, 9.17) is 9.15 Å². The summed E-state index contributed by atoms with van der Waals surface area (Å²) in [5.74, 6) is 0.253. The van der Waals surface area contributed by atoms with E-state index in [1.165, 1.54) is 15.8 Å². The summed E-state index contributed by atoms with van der Waals surface area (Å²) in [7, 11) is 1.57. The summed E-state index contributed by atoms with van der Waals surface area (Å²) in [6.45, 7) is 5.52. The van der Waals surface area contributed by atoms with Gasteiger partial charge in [0.1, 0.15) is 23.6 Å². The van der Waals surface area contributed by atoms with E-state index < -0.39 is 11.6 Å². The van der Waals surface area contributed by atoms with Crippen molar-refractivity contribution in [3.8, 4) is 5.75 Å². The Labute approximate surface area is 197 Å². The third-order valence-electron chi connectivity index (χ3n) is 5.14. The highest BCUT2D eigenvalue weighted by molar-refractivity contribution is 6.01. The molecule has 1 N–H and O–H groups in total. The number of nitrogens with one attached hydrogen (secondary N) is 1. The lowest BCUT2D eigenvalue weighted by Crippen LogP contribution is -2.50. The molecule has 4 rings (SSSR count). The van der Waals surface area contributed by atoms with E-state index in [0.29, 0.717) is 22.7 Å². The highest BCUT2D eigenvalue weighted by Gasteiger charge is 2.36. The standard InChI is InChI=1S/C25H27N5O4/c1-25(2,3)26-24(32)23(21-10-7-15-34-21)30(17-11-13-18(33-4)14-12-17)22(31)16-29-20-9-6-5-8-19(20)27-28-29/h5-15,23H,16H2,1-4H3,(H,26,32). The smallest absolute Gasteiger partial charge is 0.251 e. The van der Waals surface area contributed by atoms with Crippen LogP contribution in [0.5, 0.6) is 5.75 Å². The van der Waals surface area contributed by atoms with E-state index in [1.54, 1.807) is 43.5 Å². The van der Waals surface area contributed by atoms with Gasteiger partial charge >= 0.3 is 0 Å². The van der Waals surface area contributed by atoms with Gasteiger partial charge in [0.25, 0.3) is 5.91 Å². The van der Waals surface area contributed by atoms with E-state index in [9.17, 15) is 9.59 Å². The lowest BCUT2D eigenvalue weighted by atomic mass is 10.1. The molecule has 1 atom stereocenters. The van der Waals surface area contributed by atoms with Crippen LogP contribution in [0.2, 0.25) is 0 Å². The summed E-state index contributed by atoms with van der Waals surface area (Å²) in [5, 5.41) is 11.2. The number of hydrogen-bond acceptors (Lipinski definition) is 6. The van der Waals surface area contributed by atoms with Gasteiger partial charge < -0.3 is 14.5 Å². The van der Waals surface area contributed by atoms with Crippen LogP contribution in [0.4, 0.5) is 5.69 Å². The fourth-order valence-corrected chi connectivity index (χ4v) is 3.68. The number of furan rings is 1. The van der Waals surface area contributed by atoms with Crippen molar-refractivity contribution in [2.45, 2.75) is 38.9 Å². The van der Waals surface area contributed by atoms with Gasteiger partial charge in [-0.3, -0.25) is 14.5 Å². The second kappa shape index (κ2) is 9.38. The van der Waals surface area contributed by atoms with Gasteiger partial charge in [0, 0.05) is 11.2 Å². The minimum atomic E-state index is -1.04. The second-order valence-corrected chi connectivity index (χ2v) is 8.85. The molecule has 0 saturated carbocycles. The maximum absolute atomic E-state index is 13.8. The van der Waals surface area contributed by atoms with Crippen molar-refractivity contribution >= 4 is 28.5 Å². The average molecular weight is 462 g/mol. The van der Waals surface area contributed by atoms with Crippen LogP contribution in [-0.4, -0.2) is 39.5 Å². The number of methoxy groups -OCH3 is 1. The summed E-state index contributed by atoms with van der Waals surface area (Å²) < 4.78 is 12.4. The third kappa shape index (κ3) is 4.93. The van der Waals surface area contributed by atoms with Crippen molar-refractivity contribution in [1.82, 2.24) is 20.3 Å². The van der Waals surface area contributed by atoms with Gasteiger partial charge in [0.2, 0.25) is 5.91 Å². The van der Waals surface area contributed by atoms with Gasteiger partial charge in [-0.05, 0) is 69.3 Å². The first-order valence-corrected chi connectivity index (χ1v) is 10.9. The molecule has 0 spiro atoms. The summed E-state index contributed by atoms with van der Waals surface area (Å²) in [6.07, 6.45) is 1.48. The molecular formula is C25H27N5O4. The maximum atomic E-state index is 13.8. The largest absolute Gasteiger partial charge is 0.497 e. The van der Waals surface area contributed by atoms with E-state index in [0.717, 1.165) is 5.52 Å². The first-order chi connectivity index (χ1) is 16.3. The molecule has 0 saturated heterocycles. The zero-order chi connectivity index (χ0) is 24.3. The zero-order valence-corrected chi connectivity index (χ0v) is 19.6. The van der Waals surface area contributed by atoms with Crippen molar-refractivity contribution in [3.63, 3.8) is 0 Å². The number of anilines is 1. The average Bonchev–Trinajstić information content (AvgIpc) is 3.47. The molecule has 9 nitrogen and oxygen atoms in total. The van der Waals surface area contributed by atoms with Crippen molar-refractivity contribution < 1.29 is 18.7 Å². The Morgan fingerprint density at radius 2 is 1.82 bits per heavy atom. The number of ether oxygens (including phenoxy) is 1. The Bertz CT molecular complexity index is 1270. The molecule has 2 aromatic heterocycles. The van der Waals surface area contributed by atoms with Crippen LogP contribution >= 0.6 is 0 Å². The summed E-state index contributed by atoms with van der Waals surface area (Å²) >= 11 is 0. The molecule has 0 radical (unpaired) electrons. The Hall–Kier alpha value is -4.14. The van der Waals surface area contributed by atoms with Crippen LogP contribution in [0.15, 0.2) is 71.3 Å². The number of benzene rings is 2. The van der Waals surface area contributed by atoms with E-state index in [2.05, 4.69) is 15.6 Å². The number of rotatable bonds is 7. The normalized spacial score (nSPS) is 12.4. The number of nitrogens with zero attached hydrogens (tertiary/aromatic N) is 4. The maximum Gasteiger partial charge on any atom is 0.251 e. The predicted molar refractivity (Wildman–Crippen MR) is 127 cm³/mol. The van der Waals surface area contributed by atoms with Crippen molar-refractivity contribution in [1.29, 1.82) is 0 Å². The Balaban J connectivity index is 1.78. The third-order valence-corrected chi connectivity index (χ3v) is 5.14. The van der Waals surface area contributed by atoms with Crippen LogP contribution in [-0.2, 0) is 16.1 Å². The van der Waals surface area contributed by atoms with Crippen LogP contribution in [0, 0.1) is 0 Å². The van der Waals surface area contributed by atoms with Crippen molar-refractivity contribution in [3.05, 3.63) is 72.7 Å². The van der Waals surface area contributed by atoms with Crippen molar-refractivity contribution in [2.24, 2.45) is 0 Å². The number of fused-ring (bicyclic) bond motifs is 1. The molecule has 0 bridgehead atoms. The molecule has 0 aliphatic heterocycles. The number of carbonyl (C=O) groups excluding carboxylic acids is 2. The fourth-order valence-electron chi connectivity index (χ4n) is 3.68. The molecule has 0 aliphatic carbocycles. The first kappa shape index (κ1) is 23.0. The molecular weight excluding hydrogens is 434 g/mol. The molecule has 0 aliphatic rings. The molecule has 2 heterocycles. The molecule has 4 aromatic rings. The first-order valence-electron chi connectivity index (χ1n) is 10.9. The fraction of sp³-hybridized carbons (Fsp3) is 0.280. The van der Waals surface area contributed by atoms with E-state index in [-0.39, 0.29) is 18.4 Å². The van der Waals surface area contributed by atoms with Crippen LogP contribution < -0.4 is 15.0 Å². The summed E-state index contributed by atoms with van der Waals surface area (Å²) in [6, 6.07) is 16.7. The van der Waals surface area contributed by atoms with E-state index in [1.807, 2.05) is 45.0 Å². The second-order valence-electron chi connectivity index (χ2n) is 8.85. The highest BCUT2D eigenvalue weighted by atomic mass is 16.5. The molecule has 0 fully saturated rings. The number of carbonyl (C=O) groups is 2. The summed E-state index contributed by atoms with van der Waals surface area (Å²) in [4.78, 5) is 28.7. The highest BCUT2D eigenvalue weighted by Crippen LogP contribution is 2.31. The predicted octanol–water partition coefficient (Wildman–Crippen LogP) is 3.72. The van der Waals surface area contributed by atoms with Crippen LogP contribution in [0.3, 0.4) is 0 Å². The lowest BCUT2D eigenvalue weighted by Gasteiger charge is -2.32. The molecule has 9 heteroatoms. The quantitative estimate of drug-likeness (QED) is 0.450. The van der Waals surface area contributed by atoms with Crippen molar-refractivity contribution in [2.75, 3.05) is 12.0 Å². The minimum Gasteiger partial charge on any atom is -0.497 e. The monoisotopic (exact) mass is 461 g/mol. The van der Waals surface area contributed by atoms with Gasteiger partial charge in [-0.15, -0.1) is 5.10 Å². The summed E-state index contributed by atoms with van der Waals surface area (Å²) in [5.41, 5.74) is 1.40. The molecule has 1 unspecified atom stereocenters.